The smallest absolute Gasteiger partial charge is 0.335 e. The van der Waals surface area contributed by atoms with Crippen molar-refractivity contribution >= 4 is 23.5 Å². The van der Waals surface area contributed by atoms with E-state index in [-0.39, 0.29) is 11.3 Å². The van der Waals surface area contributed by atoms with Crippen LogP contribution < -0.4 is 5.32 Å². The van der Waals surface area contributed by atoms with Gasteiger partial charge in [-0.3, -0.25) is 9.59 Å². The van der Waals surface area contributed by atoms with Crippen molar-refractivity contribution in [1.29, 1.82) is 0 Å². The fourth-order valence-electron chi connectivity index (χ4n) is 2.55. The largest absolute Gasteiger partial charge is 0.481 e. The van der Waals surface area contributed by atoms with Gasteiger partial charge in [0.15, 0.2) is 0 Å². The number of carboxylic acids is 2. The highest BCUT2D eigenvalue weighted by molar-refractivity contribution is 6.00. The Hall–Kier alpha value is -2.44. The molecule has 0 spiro atoms. The number of rotatable bonds is 4. The average Bonchev–Trinajstić information content (AvgIpc) is 2.95. The molecule has 3 N–H and O–H groups in total. The normalized spacial score (nSPS) is 22.4. The van der Waals surface area contributed by atoms with Crippen molar-refractivity contribution in [2.45, 2.75) is 13.8 Å². The van der Waals surface area contributed by atoms with Crippen LogP contribution in [0.5, 0.6) is 0 Å². The number of benzene rings is 1. The van der Waals surface area contributed by atoms with E-state index >= 15 is 0 Å². The molecule has 0 saturated heterocycles. The van der Waals surface area contributed by atoms with Gasteiger partial charge >= 0.3 is 11.9 Å². The van der Waals surface area contributed by atoms with Crippen molar-refractivity contribution in [3.05, 3.63) is 29.6 Å². The molecule has 1 aromatic rings. The maximum absolute atomic E-state index is 13.6. The summed E-state index contributed by atoms with van der Waals surface area (Å²) in [5, 5.41) is 20.1. The van der Waals surface area contributed by atoms with E-state index in [0.29, 0.717) is 0 Å². The molecule has 6 nitrogen and oxygen atoms in total. The first-order valence-corrected chi connectivity index (χ1v) is 6.22. The Balaban J connectivity index is 2.20. The van der Waals surface area contributed by atoms with Gasteiger partial charge in [0.05, 0.1) is 23.1 Å². The molecule has 112 valence electrons. The minimum Gasteiger partial charge on any atom is -0.481 e. The van der Waals surface area contributed by atoms with Crippen molar-refractivity contribution in [2.24, 2.45) is 17.3 Å². The van der Waals surface area contributed by atoms with Crippen LogP contribution in [0.1, 0.15) is 24.2 Å². The number of aliphatic carboxylic acids is 1. The van der Waals surface area contributed by atoms with Crippen molar-refractivity contribution in [3.8, 4) is 0 Å². The second kappa shape index (κ2) is 4.83. The van der Waals surface area contributed by atoms with Gasteiger partial charge < -0.3 is 15.5 Å². The first-order valence-electron chi connectivity index (χ1n) is 6.22. The van der Waals surface area contributed by atoms with E-state index in [0.717, 1.165) is 18.2 Å². The van der Waals surface area contributed by atoms with Gasteiger partial charge in [0.1, 0.15) is 5.82 Å². The summed E-state index contributed by atoms with van der Waals surface area (Å²) in [5.41, 5.74) is -1.15. The molecule has 2 atom stereocenters. The molecule has 1 aliphatic rings. The molecule has 7 heteroatoms. The van der Waals surface area contributed by atoms with Crippen LogP contribution in [0.25, 0.3) is 0 Å². The number of nitrogens with one attached hydrogen (secondary N) is 1. The summed E-state index contributed by atoms with van der Waals surface area (Å²) < 4.78 is 13.6. The highest BCUT2D eigenvalue weighted by atomic mass is 19.1. The van der Waals surface area contributed by atoms with E-state index in [9.17, 15) is 18.8 Å². The lowest BCUT2D eigenvalue weighted by molar-refractivity contribution is -0.140. The molecule has 2 unspecified atom stereocenters. The van der Waals surface area contributed by atoms with E-state index in [4.69, 9.17) is 10.2 Å². The molecule has 0 bridgehead atoms. The fraction of sp³-hybridized carbons (Fsp3) is 0.357. The molecule has 0 aliphatic heterocycles. The number of amides is 1. The highest BCUT2D eigenvalue weighted by Gasteiger charge is 2.65. The molecular formula is C14H14FNO5. The summed E-state index contributed by atoms with van der Waals surface area (Å²) in [6.07, 6.45) is 0. The number of anilines is 1. The van der Waals surface area contributed by atoms with Gasteiger partial charge in [-0.2, -0.15) is 0 Å². The number of halogens is 1. The topological polar surface area (TPSA) is 104 Å². The van der Waals surface area contributed by atoms with Crippen LogP contribution in [0.15, 0.2) is 18.2 Å². The van der Waals surface area contributed by atoms with Crippen molar-refractivity contribution in [3.63, 3.8) is 0 Å². The molecule has 1 amide bonds. The standard InChI is InChI=1S/C14H14FNO5/c1-14(2)9(10(14)13(20)21)11(17)16-8-5-6(12(18)19)3-4-7(8)15/h3-5,9-10H,1-2H3,(H,16,17)(H,18,19)(H,20,21). The SMILES string of the molecule is CC1(C)C(C(=O)O)C1C(=O)Nc1cc(C(=O)O)ccc1F. The Labute approximate surface area is 119 Å². The maximum atomic E-state index is 13.6. The predicted octanol–water partition coefficient (Wildman–Crippen LogP) is 1.82. The molecular weight excluding hydrogens is 281 g/mol. The second-order valence-corrected chi connectivity index (χ2v) is 5.60. The number of hydrogen-bond acceptors (Lipinski definition) is 3. The molecule has 1 aromatic carbocycles. The van der Waals surface area contributed by atoms with Crippen LogP contribution in [-0.2, 0) is 9.59 Å². The van der Waals surface area contributed by atoms with Gasteiger partial charge in [-0.1, -0.05) is 13.8 Å². The molecule has 1 fully saturated rings. The van der Waals surface area contributed by atoms with Crippen molar-refractivity contribution in [1.82, 2.24) is 0 Å². The van der Waals surface area contributed by atoms with Crippen LogP contribution in [-0.4, -0.2) is 28.1 Å². The van der Waals surface area contributed by atoms with E-state index in [1.807, 2.05) is 0 Å². The fourth-order valence-corrected chi connectivity index (χ4v) is 2.55. The summed E-state index contributed by atoms with van der Waals surface area (Å²) >= 11 is 0. The number of carboxylic acid groups (broad SMARTS) is 2. The summed E-state index contributed by atoms with van der Waals surface area (Å²) in [7, 11) is 0. The van der Waals surface area contributed by atoms with Crippen LogP contribution >= 0.6 is 0 Å². The Morgan fingerprint density at radius 2 is 1.81 bits per heavy atom. The van der Waals surface area contributed by atoms with Gasteiger partial charge in [0.25, 0.3) is 0 Å². The molecule has 1 aliphatic carbocycles. The number of aromatic carboxylic acids is 1. The molecule has 2 rings (SSSR count). The highest BCUT2D eigenvalue weighted by Crippen LogP contribution is 2.58. The zero-order valence-electron chi connectivity index (χ0n) is 11.4. The zero-order valence-corrected chi connectivity index (χ0v) is 11.4. The average molecular weight is 295 g/mol. The Bertz CT molecular complexity index is 640. The minimum atomic E-state index is -1.25. The third-order valence-electron chi connectivity index (χ3n) is 3.85. The first-order chi connectivity index (χ1) is 9.66. The van der Waals surface area contributed by atoms with Crippen LogP contribution in [0.3, 0.4) is 0 Å². The second-order valence-electron chi connectivity index (χ2n) is 5.60. The van der Waals surface area contributed by atoms with Gasteiger partial charge in [-0.25, -0.2) is 9.18 Å². The van der Waals surface area contributed by atoms with Gasteiger partial charge in [-0.15, -0.1) is 0 Å². The van der Waals surface area contributed by atoms with Gasteiger partial charge in [0.2, 0.25) is 5.91 Å². The quantitative estimate of drug-likeness (QED) is 0.786. The number of carbonyl (C=O) groups excluding carboxylic acids is 1. The van der Waals surface area contributed by atoms with Crippen LogP contribution in [0.2, 0.25) is 0 Å². The lowest BCUT2D eigenvalue weighted by Gasteiger charge is -2.08. The summed E-state index contributed by atoms with van der Waals surface area (Å²) in [5.74, 6) is -5.35. The van der Waals surface area contributed by atoms with Gasteiger partial charge in [-0.05, 0) is 23.6 Å². The summed E-state index contributed by atoms with van der Waals surface area (Å²) in [4.78, 5) is 33.9. The van der Waals surface area contributed by atoms with Crippen molar-refractivity contribution < 1.29 is 29.0 Å². The molecule has 1 saturated carbocycles. The first kappa shape index (κ1) is 15.0. The van der Waals surface area contributed by atoms with E-state index in [2.05, 4.69) is 5.32 Å². The Kier molecular flexibility index (Phi) is 3.44. The monoisotopic (exact) mass is 295 g/mol. The number of carbonyl (C=O) groups is 3. The maximum Gasteiger partial charge on any atom is 0.335 e. The van der Waals surface area contributed by atoms with E-state index in [1.165, 1.54) is 0 Å². The molecule has 0 heterocycles. The Morgan fingerprint density at radius 1 is 1.19 bits per heavy atom. The predicted molar refractivity (Wildman–Crippen MR) is 70.4 cm³/mol. The lowest BCUT2D eigenvalue weighted by atomic mass is 10.1. The number of hydrogen-bond donors (Lipinski definition) is 3. The third-order valence-corrected chi connectivity index (χ3v) is 3.85. The van der Waals surface area contributed by atoms with Crippen molar-refractivity contribution in [2.75, 3.05) is 5.32 Å². The van der Waals surface area contributed by atoms with Crippen LogP contribution in [0.4, 0.5) is 10.1 Å². The lowest BCUT2D eigenvalue weighted by Crippen LogP contribution is -2.19. The van der Waals surface area contributed by atoms with Crippen LogP contribution in [0, 0.1) is 23.1 Å². The van der Waals surface area contributed by atoms with E-state index < -0.39 is 40.9 Å². The third kappa shape index (κ3) is 2.58. The molecule has 0 radical (unpaired) electrons. The minimum absolute atomic E-state index is 0.170. The summed E-state index contributed by atoms with van der Waals surface area (Å²) in [6, 6.07) is 3.01. The molecule has 0 aromatic heterocycles. The molecule has 21 heavy (non-hydrogen) atoms. The van der Waals surface area contributed by atoms with Gasteiger partial charge in [0, 0.05) is 0 Å². The van der Waals surface area contributed by atoms with E-state index in [1.54, 1.807) is 13.8 Å². The Morgan fingerprint density at radius 3 is 2.29 bits per heavy atom. The zero-order chi connectivity index (χ0) is 15.9. The summed E-state index contributed by atoms with van der Waals surface area (Å²) in [6.45, 7) is 3.28.